The summed E-state index contributed by atoms with van der Waals surface area (Å²) in [6, 6.07) is 10.0. The second-order valence-corrected chi connectivity index (χ2v) is 8.46. The molecule has 24 heavy (non-hydrogen) atoms. The number of carbonyl (C=O) groups is 1. The normalized spacial score (nSPS) is 18.8. The second-order valence-electron chi connectivity index (χ2n) is 6.48. The van der Waals surface area contributed by atoms with Crippen LogP contribution in [0.3, 0.4) is 0 Å². The number of sulfonamides is 1. The largest absolute Gasteiger partial charge is 0.339 e. The molecule has 0 spiro atoms. The average molecular weight is 353 g/mol. The first-order chi connectivity index (χ1) is 11.4. The molecule has 1 aromatic carbocycles. The van der Waals surface area contributed by atoms with Gasteiger partial charge in [0.05, 0.1) is 12.8 Å². The van der Waals surface area contributed by atoms with Crippen LogP contribution in [-0.2, 0) is 21.2 Å². The molecule has 2 rings (SSSR count). The Balaban J connectivity index is 2.01. The molecule has 0 radical (unpaired) electrons. The summed E-state index contributed by atoms with van der Waals surface area (Å²) in [4.78, 5) is 14.5. The number of benzene rings is 1. The highest BCUT2D eigenvalue weighted by atomic mass is 32.2. The minimum atomic E-state index is -3.41. The van der Waals surface area contributed by atoms with Crippen LogP contribution in [0, 0.1) is 0 Å². The Hall–Kier alpha value is -1.40. The molecule has 1 fully saturated rings. The van der Waals surface area contributed by atoms with E-state index in [1.165, 1.54) is 10.6 Å². The zero-order valence-corrected chi connectivity index (χ0v) is 15.5. The van der Waals surface area contributed by atoms with Gasteiger partial charge in [0.1, 0.15) is 0 Å². The van der Waals surface area contributed by atoms with Crippen LogP contribution >= 0.6 is 0 Å². The lowest BCUT2D eigenvalue weighted by atomic mass is 10.00. The first-order valence-electron chi connectivity index (χ1n) is 8.70. The maximum Gasteiger partial charge on any atom is 0.238 e. The summed E-state index contributed by atoms with van der Waals surface area (Å²) >= 11 is 0. The van der Waals surface area contributed by atoms with Crippen LogP contribution in [0.15, 0.2) is 30.3 Å². The molecule has 6 heteroatoms. The number of hydrogen-bond acceptors (Lipinski definition) is 3. The van der Waals surface area contributed by atoms with Gasteiger partial charge in [-0.2, -0.15) is 4.31 Å². The summed E-state index contributed by atoms with van der Waals surface area (Å²) in [5, 5.41) is 0. The first-order valence-corrected chi connectivity index (χ1v) is 10.5. The molecule has 1 aromatic rings. The molecule has 0 bridgehead atoms. The highest BCUT2D eigenvalue weighted by Gasteiger charge is 2.28. The third-order valence-corrected chi connectivity index (χ3v) is 5.94. The molecule has 1 heterocycles. The summed E-state index contributed by atoms with van der Waals surface area (Å²) in [6.45, 7) is 3.11. The predicted octanol–water partition coefficient (Wildman–Crippen LogP) is 2.28. The van der Waals surface area contributed by atoms with Gasteiger partial charge >= 0.3 is 0 Å². The number of amides is 1. The molecule has 1 aliphatic rings. The first kappa shape index (κ1) is 18.9. The van der Waals surface area contributed by atoms with E-state index in [0.717, 1.165) is 37.8 Å². The molecule has 1 unspecified atom stereocenters. The van der Waals surface area contributed by atoms with Gasteiger partial charge in [0.2, 0.25) is 15.9 Å². The molecule has 134 valence electrons. The Bertz CT molecular complexity index is 631. The Kier molecular flexibility index (Phi) is 6.80. The fourth-order valence-corrected chi connectivity index (χ4v) is 4.02. The zero-order valence-electron chi connectivity index (χ0n) is 14.6. The summed E-state index contributed by atoms with van der Waals surface area (Å²) < 4.78 is 25.5. The smallest absolute Gasteiger partial charge is 0.238 e. The SMILES string of the molecule is CCC1CCCCN1C(=O)CN(CCc1ccccc1)S(C)(=O)=O. The molecule has 0 aliphatic carbocycles. The highest BCUT2D eigenvalue weighted by Crippen LogP contribution is 2.20. The van der Waals surface area contributed by atoms with E-state index in [1.54, 1.807) is 0 Å². The standard InChI is InChI=1S/C18H28N2O3S/c1-3-17-11-7-8-13-20(17)18(21)15-19(24(2,22)23)14-12-16-9-5-4-6-10-16/h4-6,9-10,17H,3,7-8,11-15H2,1-2H3. The lowest BCUT2D eigenvalue weighted by molar-refractivity contribution is -0.135. The van der Waals surface area contributed by atoms with Gasteiger partial charge in [0.25, 0.3) is 0 Å². The van der Waals surface area contributed by atoms with Crippen molar-refractivity contribution in [1.82, 2.24) is 9.21 Å². The molecular weight excluding hydrogens is 324 g/mol. The topological polar surface area (TPSA) is 57.7 Å². The third kappa shape index (κ3) is 5.31. The lowest BCUT2D eigenvalue weighted by Gasteiger charge is -2.36. The van der Waals surface area contributed by atoms with Crippen molar-refractivity contribution in [3.05, 3.63) is 35.9 Å². The van der Waals surface area contributed by atoms with Gasteiger partial charge in [0, 0.05) is 19.1 Å². The Labute approximate surface area is 145 Å². The molecule has 0 N–H and O–H groups in total. The van der Waals surface area contributed by atoms with Crippen LogP contribution in [0.4, 0.5) is 0 Å². The van der Waals surface area contributed by atoms with Gasteiger partial charge in [-0.15, -0.1) is 0 Å². The van der Waals surface area contributed by atoms with Gasteiger partial charge in [-0.25, -0.2) is 8.42 Å². The van der Waals surface area contributed by atoms with Crippen LogP contribution in [-0.4, -0.2) is 55.5 Å². The van der Waals surface area contributed by atoms with Gasteiger partial charge in [0.15, 0.2) is 0 Å². The minimum Gasteiger partial charge on any atom is -0.339 e. The van der Waals surface area contributed by atoms with Crippen molar-refractivity contribution in [2.45, 2.75) is 45.1 Å². The Morgan fingerprint density at radius 1 is 1.25 bits per heavy atom. The number of carbonyl (C=O) groups excluding carboxylic acids is 1. The monoisotopic (exact) mass is 352 g/mol. The van der Waals surface area contributed by atoms with Crippen LogP contribution in [0.25, 0.3) is 0 Å². The number of nitrogens with zero attached hydrogens (tertiary/aromatic N) is 2. The van der Waals surface area contributed by atoms with E-state index in [-0.39, 0.29) is 18.5 Å². The molecule has 1 aliphatic heterocycles. The van der Waals surface area contributed by atoms with Crippen LogP contribution < -0.4 is 0 Å². The van der Waals surface area contributed by atoms with E-state index in [1.807, 2.05) is 35.2 Å². The van der Waals surface area contributed by atoms with Gasteiger partial charge in [-0.05, 0) is 37.7 Å². The molecular formula is C18H28N2O3S. The van der Waals surface area contributed by atoms with Crippen molar-refractivity contribution in [3.8, 4) is 0 Å². The van der Waals surface area contributed by atoms with Crippen LogP contribution in [0.5, 0.6) is 0 Å². The fourth-order valence-electron chi connectivity index (χ4n) is 3.26. The molecule has 1 amide bonds. The van der Waals surface area contributed by atoms with E-state index in [0.29, 0.717) is 13.0 Å². The zero-order chi connectivity index (χ0) is 17.6. The van der Waals surface area contributed by atoms with Crippen molar-refractivity contribution in [2.75, 3.05) is 25.9 Å². The van der Waals surface area contributed by atoms with E-state index < -0.39 is 10.0 Å². The predicted molar refractivity (Wildman–Crippen MR) is 96.2 cm³/mol. The van der Waals surface area contributed by atoms with Crippen LogP contribution in [0.2, 0.25) is 0 Å². The van der Waals surface area contributed by atoms with Crippen LogP contribution in [0.1, 0.15) is 38.2 Å². The quantitative estimate of drug-likeness (QED) is 0.756. The molecule has 1 saturated heterocycles. The maximum atomic E-state index is 12.7. The summed E-state index contributed by atoms with van der Waals surface area (Å²) in [5.74, 6) is -0.0694. The molecule has 1 atom stereocenters. The van der Waals surface area contributed by atoms with Crippen molar-refractivity contribution in [3.63, 3.8) is 0 Å². The Morgan fingerprint density at radius 3 is 2.58 bits per heavy atom. The van der Waals surface area contributed by atoms with Gasteiger partial charge in [-0.1, -0.05) is 37.3 Å². The highest BCUT2D eigenvalue weighted by molar-refractivity contribution is 7.88. The molecule has 5 nitrogen and oxygen atoms in total. The number of piperidine rings is 1. The van der Waals surface area contributed by atoms with E-state index in [4.69, 9.17) is 0 Å². The van der Waals surface area contributed by atoms with Gasteiger partial charge < -0.3 is 4.90 Å². The molecule has 0 aromatic heterocycles. The van der Waals surface area contributed by atoms with Crippen molar-refractivity contribution >= 4 is 15.9 Å². The van der Waals surface area contributed by atoms with Crippen molar-refractivity contribution in [1.29, 1.82) is 0 Å². The maximum absolute atomic E-state index is 12.7. The average Bonchev–Trinajstić information content (AvgIpc) is 2.58. The van der Waals surface area contributed by atoms with E-state index >= 15 is 0 Å². The second kappa shape index (κ2) is 8.62. The van der Waals surface area contributed by atoms with E-state index in [9.17, 15) is 13.2 Å². The third-order valence-electron chi connectivity index (χ3n) is 4.69. The lowest BCUT2D eigenvalue weighted by Crippen LogP contribution is -2.49. The van der Waals surface area contributed by atoms with Crippen molar-refractivity contribution in [2.24, 2.45) is 0 Å². The van der Waals surface area contributed by atoms with Gasteiger partial charge in [-0.3, -0.25) is 4.79 Å². The summed E-state index contributed by atoms with van der Waals surface area (Å²) in [7, 11) is -3.41. The number of hydrogen-bond donors (Lipinski definition) is 0. The summed E-state index contributed by atoms with van der Waals surface area (Å²) in [5.41, 5.74) is 1.07. The fraction of sp³-hybridized carbons (Fsp3) is 0.611. The number of likely N-dealkylation sites (tertiary alicyclic amines) is 1. The van der Waals surface area contributed by atoms with Crippen molar-refractivity contribution < 1.29 is 13.2 Å². The minimum absolute atomic E-state index is 0.0534. The Morgan fingerprint density at radius 2 is 1.96 bits per heavy atom. The number of rotatable bonds is 7. The van der Waals surface area contributed by atoms with E-state index in [2.05, 4.69) is 6.92 Å². The molecule has 0 saturated carbocycles. The summed E-state index contributed by atoms with van der Waals surface area (Å²) in [6.07, 6.45) is 5.88.